The molecular formula is C21H30ClN2O3P. The first kappa shape index (κ1) is 22.8. The van der Waals surface area contributed by atoms with Crippen molar-refractivity contribution < 1.29 is 13.6 Å². The van der Waals surface area contributed by atoms with Crippen LogP contribution in [-0.2, 0) is 13.6 Å². The average Bonchev–Trinajstić information content (AvgIpc) is 2.69. The van der Waals surface area contributed by atoms with E-state index in [1.165, 1.54) is 0 Å². The smallest absolute Gasteiger partial charge is 0.357 e. The second-order valence-corrected chi connectivity index (χ2v) is 8.69. The van der Waals surface area contributed by atoms with Crippen molar-refractivity contribution in [1.82, 2.24) is 0 Å². The molecule has 0 heterocycles. The predicted molar refractivity (Wildman–Crippen MR) is 119 cm³/mol. The van der Waals surface area contributed by atoms with Gasteiger partial charge in [-0.05, 0) is 57.5 Å². The average molecular weight is 425 g/mol. The Labute approximate surface area is 173 Å². The molecule has 2 rings (SSSR count). The Bertz CT molecular complexity index is 771. The van der Waals surface area contributed by atoms with Gasteiger partial charge in [-0.15, -0.1) is 0 Å². The predicted octanol–water partition coefficient (Wildman–Crippen LogP) is 6.56. The molecule has 0 aliphatic rings. The summed E-state index contributed by atoms with van der Waals surface area (Å²) in [6.45, 7) is 10.3. The highest BCUT2D eigenvalue weighted by Gasteiger charge is 2.37. The number of anilines is 2. The molecule has 0 aromatic heterocycles. The lowest BCUT2D eigenvalue weighted by Gasteiger charge is -2.29. The van der Waals surface area contributed by atoms with Crippen molar-refractivity contribution in [2.24, 2.45) is 0 Å². The summed E-state index contributed by atoms with van der Waals surface area (Å²) in [5, 5.41) is 3.84. The minimum absolute atomic E-state index is 0.287. The van der Waals surface area contributed by atoms with E-state index < -0.39 is 13.4 Å². The summed E-state index contributed by atoms with van der Waals surface area (Å²) in [5.41, 5.74) is 2.62. The van der Waals surface area contributed by atoms with E-state index in [9.17, 15) is 4.57 Å². The molecule has 154 valence electrons. The maximum Gasteiger partial charge on any atom is 0.357 e. The molecule has 0 bridgehead atoms. The Kier molecular flexibility index (Phi) is 8.84. The summed E-state index contributed by atoms with van der Waals surface area (Å²) in [5.74, 6) is -0.668. The topological polar surface area (TPSA) is 50.8 Å². The number of nitrogens with one attached hydrogen (secondary N) is 1. The van der Waals surface area contributed by atoms with Crippen LogP contribution in [0, 0.1) is 0 Å². The van der Waals surface area contributed by atoms with Crippen LogP contribution in [0.15, 0.2) is 48.5 Å². The number of rotatable bonds is 11. The lowest BCUT2D eigenvalue weighted by molar-refractivity contribution is 0.214. The first-order chi connectivity index (χ1) is 13.5. The Hall–Kier alpha value is -1.52. The van der Waals surface area contributed by atoms with Crippen molar-refractivity contribution in [3.63, 3.8) is 0 Å². The van der Waals surface area contributed by atoms with Crippen LogP contribution in [0.25, 0.3) is 0 Å². The minimum atomic E-state index is -3.47. The highest BCUT2D eigenvalue weighted by molar-refractivity contribution is 7.54. The lowest BCUT2D eigenvalue weighted by Crippen LogP contribution is -2.22. The fourth-order valence-corrected chi connectivity index (χ4v) is 5.19. The summed E-state index contributed by atoms with van der Waals surface area (Å²) in [7, 11) is -3.47. The van der Waals surface area contributed by atoms with E-state index in [0.717, 1.165) is 24.3 Å². The fraction of sp³-hybridized carbons (Fsp3) is 0.429. The highest BCUT2D eigenvalue weighted by Crippen LogP contribution is 2.61. The van der Waals surface area contributed by atoms with Crippen molar-refractivity contribution in [2.45, 2.75) is 33.5 Å². The second-order valence-electron chi connectivity index (χ2n) is 6.17. The lowest BCUT2D eigenvalue weighted by atomic mass is 10.2. The third-order valence-corrected chi connectivity index (χ3v) is 7.06. The van der Waals surface area contributed by atoms with E-state index in [-0.39, 0.29) is 13.2 Å². The third kappa shape index (κ3) is 5.51. The van der Waals surface area contributed by atoms with Gasteiger partial charge in [-0.2, -0.15) is 0 Å². The molecular weight excluding hydrogens is 395 g/mol. The van der Waals surface area contributed by atoms with E-state index >= 15 is 0 Å². The van der Waals surface area contributed by atoms with Crippen LogP contribution in [0.4, 0.5) is 11.4 Å². The first-order valence-electron chi connectivity index (χ1n) is 9.73. The number of halogens is 1. The van der Waals surface area contributed by atoms with Gasteiger partial charge in [-0.1, -0.05) is 35.9 Å². The summed E-state index contributed by atoms with van der Waals surface area (Å²) >= 11 is 6.32. The number of para-hydroxylation sites is 1. The summed E-state index contributed by atoms with van der Waals surface area (Å²) in [6.07, 6.45) is 0. The van der Waals surface area contributed by atoms with E-state index in [0.29, 0.717) is 10.7 Å². The van der Waals surface area contributed by atoms with Gasteiger partial charge in [0.2, 0.25) is 0 Å². The number of benzene rings is 2. The quantitative estimate of drug-likeness (QED) is 0.414. The first-order valence-corrected chi connectivity index (χ1v) is 11.7. The van der Waals surface area contributed by atoms with Gasteiger partial charge < -0.3 is 19.3 Å². The van der Waals surface area contributed by atoms with E-state index in [4.69, 9.17) is 20.6 Å². The molecule has 0 fully saturated rings. The van der Waals surface area contributed by atoms with Gasteiger partial charge >= 0.3 is 7.60 Å². The molecule has 2 aromatic carbocycles. The molecule has 1 N–H and O–H groups in total. The van der Waals surface area contributed by atoms with Crippen molar-refractivity contribution in [2.75, 3.05) is 36.5 Å². The summed E-state index contributed by atoms with van der Waals surface area (Å²) in [4.78, 5) is 2.25. The standard InChI is InChI=1S/C21H30ClN2O3P/c1-5-24(6-2)18-15-13-17(14-16-18)21(28(25,26-7-3)27-8-4)23-20-12-10-9-11-19(20)22/h9-16,21,23H,5-8H2,1-4H3. The minimum Gasteiger partial charge on any atom is -0.372 e. The Balaban J connectivity index is 2.45. The van der Waals surface area contributed by atoms with Gasteiger partial charge in [0.05, 0.1) is 23.9 Å². The number of nitrogens with zero attached hydrogens (tertiary/aromatic N) is 1. The molecule has 0 aliphatic heterocycles. The molecule has 0 radical (unpaired) electrons. The Morgan fingerprint density at radius 1 is 0.964 bits per heavy atom. The molecule has 0 spiro atoms. The van der Waals surface area contributed by atoms with Crippen molar-refractivity contribution in [3.05, 3.63) is 59.1 Å². The van der Waals surface area contributed by atoms with Gasteiger partial charge in [0.1, 0.15) is 0 Å². The molecule has 0 saturated heterocycles. The highest BCUT2D eigenvalue weighted by atomic mass is 35.5. The number of hydrogen-bond donors (Lipinski definition) is 1. The summed E-state index contributed by atoms with van der Waals surface area (Å²) in [6, 6.07) is 15.4. The molecule has 0 amide bonds. The van der Waals surface area contributed by atoms with Crippen LogP contribution < -0.4 is 10.2 Å². The van der Waals surface area contributed by atoms with Crippen molar-refractivity contribution in [3.8, 4) is 0 Å². The number of hydrogen-bond acceptors (Lipinski definition) is 5. The third-order valence-electron chi connectivity index (χ3n) is 4.44. The Morgan fingerprint density at radius 2 is 1.54 bits per heavy atom. The maximum absolute atomic E-state index is 13.6. The fourth-order valence-electron chi connectivity index (χ4n) is 3.07. The molecule has 1 unspecified atom stereocenters. The maximum atomic E-state index is 13.6. The zero-order valence-corrected chi connectivity index (χ0v) is 18.7. The zero-order valence-electron chi connectivity index (χ0n) is 17.0. The van der Waals surface area contributed by atoms with Crippen LogP contribution >= 0.6 is 19.2 Å². The normalized spacial score (nSPS) is 12.6. The van der Waals surface area contributed by atoms with E-state index in [1.54, 1.807) is 6.07 Å². The summed E-state index contributed by atoms with van der Waals surface area (Å²) < 4.78 is 24.9. The molecule has 5 nitrogen and oxygen atoms in total. The molecule has 0 aliphatic carbocycles. The molecule has 1 atom stereocenters. The molecule has 0 saturated carbocycles. The molecule has 28 heavy (non-hydrogen) atoms. The van der Waals surface area contributed by atoms with E-state index in [1.807, 2.05) is 56.3 Å². The van der Waals surface area contributed by atoms with E-state index in [2.05, 4.69) is 24.1 Å². The van der Waals surface area contributed by atoms with Crippen LogP contribution in [0.1, 0.15) is 39.0 Å². The van der Waals surface area contributed by atoms with Crippen LogP contribution in [0.3, 0.4) is 0 Å². The van der Waals surface area contributed by atoms with Crippen molar-refractivity contribution >= 4 is 30.6 Å². The molecule has 2 aromatic rings. The largest absolute Gasteiger partial charge is 0.372 e. The zero-order chi connectivity index (χ0) is 20.6. The molecule has 7 heteroatoms. The van der Waals surface area contributed by atoms with Gasteiger partial charge in [-0.3, -0.25) is 4.57 Å². The van der Waals surface area contributed by atoms with Gasteiger partial charge in [0.25, 0.3) is 0 Å². The van der Waals surface area contributed by atoms with Crippen LogP contribution in [0.2, 0.25) is 5.02 Å². The van der Waals surface area contributed by atoms with Crippen molar-refractivity contribution in [1.29, 1.82) is 0 Å². The SMILES string of the molecule is CCOP(=O)(OCC)C(Nc1ccccc1Cl)c1ccc(N(CC)CC)cc1. The second kappa shape index (κ2) is 10.9. The Morgan fingerprint density at radius 3 is 2.04 bits per heavy atom. The van der Waals surface area contributed by atoms with Gasteiger partial charge in [0.15, 0.2) is 5.78 Å². The van der Waals surface area contributed by atoms with Crippen LogP contribution in [0.5, 0.6) is 0 Å². The monoisotopic (exact) mass is 424 g/mol. The van der Waals surface area contributed by atoms with Gasteiger partial charge in [-0.25, -0.2) is 0 Å². The van der Waals surface area contributed by atoms with Gasteiger partial charge in [0, 0.05) is 18.8 Å². The van der Waals surface area contributed by atoms with Crippen LogP contribution in [-0.4, -0.2) is 26.3 Å².